The zero-order valence-electron chi connectivity index (χ0n) is 20.3. The molecule has 37 heavy (non-hydrogen) atoms. The van der Waals surface area contributed by atoms with Gasteiger partial charge in [-0.05, 0) is 37.1 Å². The van der Waals surface area contributed by atoms with Crippen molar-refractivity contribution in [3.63, 3.8) is 0 Å². The van der Waals surface area contributed by atoms with E-state index in [-0.39, 0.29) is 34.9 Å². The Balaban J connectivity index is 1.43. The molecule has 1 fully saturated rings. The summed E-state index contributed by atoms with van der Waals surface area (Å²) in [5, 5.41) is 10.6. The van der Waals surface area contributed by atoms with Crippen molar-refractivity contribution in [3.05, 3.63) is 86.8 Å². The average molecular weight is 517 g/mol. The molecule has 0 aliphatic carbocycles. The molecule has 1 saturated heterocycles. The van der Waals surface area contributed by atoms with Crippen LogP contribution in [0.4, 0.5) is 10.1 Å². The van der Waals surface area contributed by atoms with Crippen LogP contribution in [0.5, 0.6) is 0 Å². The normalized spacial score (nSPS) is 17.5. The van der Waals surface area contributed by atoms with Gasteiger partial charge in [-0.2, -0.15) is 5.26 Å². The summed E-state index contributed by atoms with van der Waals surface area (Å²) in [6, 6.07) is 15.5. The van der Waals surface area contributed by atoms with E-state index in [1.165, 1.54) is 23.9 Å². The average Bonchev–Trinajstić information content (AvgIpc) is 3.42. The van der Waals surface area contributed by atoms with Gasteiger partial charge in [0.15, 0.2) is 0 Å². The molecule has 3 aromatic rings. The number of carbonyl (C=O) groups excluding carboxylic acids is 2. The van der Waals surface area contributed by atoms with Gasteiger partial charge in [0.1, 0.15) is 23.2 Å². The fourth-order valence-corrected chi connectivity index (χ4v) is 5.97. The number of benzene rings is 2. The number of allylic oxidation sites excluding steroid dienone is 1. The van der Waals surface area contributed by atoms with Gasteiger partial charge in [-0.15, -0.1) is 11.8 Å². The van der Waals surface area contributed by atoms with E-state index in [1.807, 2.05) is 35.2 Å². The zero-order chi connectivity index (χ0) is 26.1. The number of aromatic nitrogens is 1. The molecule has 2 aliphatic rings. The molecule has 1 aromatic heterocycles. The first-order valence-electron chi connectivity index (χ1n) is 12.1. The number of fused-ring (bicyclic) bond motifs is 1. The highest BCUT2D eigenvalue weighted by Gasteiger charge is 2.31. The van der Waals surface area contributed by atoms with Crippen molar-refractivity contribution in [2.45, 2.75) is 25.1 Å². The van der Waals surface area contributed by atoms with Gasteiger partial charge in [-0.1, -0.05) is 36.4 Å². The summed E-state index contributed by atoms with van der Waals surface area (Å²) in [6.45, 7) is 3.59. The molecule has 188 valence electrons. The van der Waals surface area contributed by atoms with Crippen LogP contribution in [0.15, 0.2) is 64.3 Å². The van der Waals surface area contributed by atoms with Crippen LogP contribution >= 0.6 is 11.8 Å². The number of nitriles is 1. The number of rotatable bonds is 5. The van der Waals surface area contributed by atoms with Crippen LogP contribution in [0, 0.1) is 17.1 Å². The molecule has 0 bridgehead atoms. The molecule has 0 saturated carbocycles. The van der Waals surface area contributed by atoms with E-state index in [4.69, 9.17) is 0 Å². The van der Waals surface area contributed by atoms with Crippen LogP contribution in [0.25, 0.3) is 10.9 Å². The number of ketones is 1. The summed E-state index contributed by atoms with van der Waals surface area (Å²) in [4.78, 5) is 42.6. The Morgan fingerprint density at radius 2 is 1.78 bits per heavy atom. The number of hydrogen-bond donors (Lipinski definition) is 0. The molecular weight excluding hydrogens is 491 g/mol. The van der Waals surface area contributed by atoms with Gasteiger partial charge < -0.3 is 14.4 Å². The first-order chi connectivity index (χ1) is 17.9. The van der Waals surface area contributed by atoms with Crippen molar-refractivity contribution in [1.82, 2.24) is 9.47 Å². The van der Waals surface area contributed by atoms with E-state index in [2.05, 4.69) is 6.07 Å². The molecule has 0 radical (unpaired) electrons. The van der Waals surface area contributed by atoms with Gasteiger partial charge in [-0.25, -0.2) is 4.39 Å². The van der Waals surface area contributed by atoms with E-state index in [0.717, 1.165) is 10.9 Å². The van der Waals surface area contributed by atoms with Crippen LogP contribution in [0.2, 0.25) is 0 Å². The summed E-state index contributed by atoms with van der Waals surface area (Å²) >= 11 is 1.33. The number of nitrogens with zero attached hydrogens (tertiary/aromatic N) is 4. The van der Waals surface area contributed by atoms with Crippen molar-refractivity contribution in [2.75, 3.05) is 31.1 Å². The molecule has 9 heteroatoms. The number of carbonyl (C=O) groups is 2. The topological polar surface area (TPSA) is 86.4 Å². The monoisotopic (exact) mass is 516 g/mol. The van der Waals surface area contributed by atoms with Gasteiger partial charge >= 0.3 is 0 Å². The number of thioether (sulfide) groups is 1. The smallest absolute Gasteiger partial charge is 0.271 e. The van der Waals surface area contributed by atoms with Crippen LogP contribution in [0.3, 0.4) is 0 Å². The van der Waals surface area contributed by atoms with Crippen LogP contribution in [-0.4, -0.2) is 52.6 Å². The quantitative estimate of drug-likeness (QED) is 0.514. The molecule has 1 amide bonds. The van der Waals surface area contributed by atoms with E-state index in [9.17, 15) is 24.0 Å². The Hall–Kier alpha value is -3.90. The standard InChI is InChI=1S/C28H25FN4O3S/c1-18(34)24-10-11-25(37-24)28(36)32-14-12-31(13-15-32)26-21-4-2-3-5-23(21)33(27(35)22(26)16-30)17-19-6-8-20(29)9-7-19/h2-9,11,24H,10,12-15,17H2,1H3. The molecule has 7 nitrogen and oxygen atoms in total. The molecule has 2 aromatic carbocycles. The summed E-state index contributed by atoms with van der Waals surface area (Å²) in [6.07, 6.45) is 2.42. The van der Waals surface area contributed by atoms with Crippen molar-refractivity contribution >= 4 is 40.0 Å². The second-order valence-corrected chi connectivity index (χ2v) is 10.4. The number of hydrogen-bond acceptors (Lipinski definition) is 6. The van der Waals surface area contributed by atoms with Gasteiger partial charge in [0, 0.05) is 31.6 Å². The largest absolute Gasteiger partial charge is 0.366 e. The summed E-state index contributed by atoms with van der Waals surface area (Å²) < 4.78 is 14.9. The highest BCUT2D eigenvalue weighted by Crippen LogP contribution is 2.35. The molecule has 5 rings (SSSR count). The van der Waals surface area contributed by atoms with Crippen molar-refractivity contribution < 1.29 is 14.0 Å². The predicted octanol–water partition coefficient (Wildman–Crippen LogP) is 3.69. The third-order valence-electron chi connectivity index (χ3n) is 6.85. The summed E-state index contributed by atoms with van der Waals surface area (Å²) in [5.41, 5.74) is 1.67. The molecule has 1 atom stereocenters. The lowest BCUT2D eigenvalue weighted by molar-refractivity contribution is -0.126. The van der Waals surface area contributed by atoms with E-state index < -0.39 is 5.56 Å². The fourth-order valence-electron chi connectivity index (χ4n) is 4.89. The van der Waals surface area contributed by atoms with E-state index >= 15 is 0 Å². The maximum Gasteiger partial charge on any atom is 0.271 e. The third-order valence-corrected chi connectivity index (χ3v) is 8.25. The zero-order valence-corrected chi connectivity index (χ0v) is 21.1. The minimum atomic E-state index is -0.401. The number of halogens is 1. The number of piperazine rings is 1. The summed E-state index contributed by atoms with van der Waals surface area (Å²) in [5.74, 6) is -0.361. The Labute approximate surface area is 217 Å². The molecular formula is C28H25FN4O3S. The highest BCUT2D eigenvalue weighted by molar-refractivity contribution is 8.05. The molecule has 0 N–H and O–H groups in total. The van der Waals surface area contributed by atoms with Gasteiger partial charge in [0.05, 0.1) is 27.9 Å². The van der Waals surface area contributed by atoms with Gasteiger partial charge in [-0.3, -0.25) is 14.4 Å². The minimum absolute atomic E-state index is 0.0546. The van der Waals surface area contributed by atoms with E-state index in [1.54, 1.807) is 28.5 Å². The lowest BCUT2D eigenvalue weighted by atomic mass is 10.1. The number of anilines is 1. The minimum Gasteiger partial charge on any atom is -0.366 e. The maximum absolute atomic E-state index is 13.5. The Morgan fingerprint density at radius 1 is 1.08 bits per heavy atom. The Bertz CT molecular complexity index is 1520. The SMILES string of the molecule is CC(=O)C1CC=C(C(=O)N2CCN(c3c(C#N)c(=O)n(Cc4ccc(F)cc4)c4ccccc34)CC2)S1. The van der Waals surface area contributed by atoms with Crippen LogP contribution < -0.4 is 10.5 Å². The predicted molar refractivity (Wildman–Crippen MR) is 142 cm³/mol. The van der Waals surface area contributed by atoms with Gasteiger partial charge in [0.25, 0.3) is 11.5 Å². The second-order valence-electron chi connectivity index (χ2n) is 9.17. The second kappa shape index (κ2) is 10.2. The van der Waals surface area contributed by atoms with Crippen molar-refractivity contribution in [3.8, 4) is 6.07 Å². The van der Waals surface area contributed by atoms with Crippen molar-refractivity contribution in [2.24, 2.45) is 0 Å². The first-order valence-corrected chi connectivity index (χ1v) is 13.0. The first kappa shape index (κ1) is 24.8. The number of pyridine rings is 1. The van der Waals surface area contributed by atoms with E-state index in [0.29, 0.717) is 48.7 Å². The number of para-hydroxylation sites is 1. The van der Waals surface area contributed by atoms with Crippen molar-refractivity contribution in [1.29, 1.82) is 5.26 Å². The number of amides is 1. The molecule has 2 aliphatic heterocycles. The molecule has 1 unspecified atom stereocenters. The van der Waals surface area contributed by atoms with Crippen LogP contribution in [0.1, 0.15) is 24.5 Å². The summed E-state index contributed by atoms with van der Waals surface area (Å²) in [7, 11) is 0. The lowest BCUT2D eigenvalue weighted by Gasteiger charge is -2.37. The lowest BCUT2D eigenvalue weighted by Crippen LogP contribution is -2.49. The molecule has 3 heterocycles. The Morgan fingerprint density at radius 3 is 2.43 bits per heavy atom. The Kier molecular flexibility index (Phi) is 6.85. The fraction of sp³-hybridized carbons (Fsp3) is 0.286. The third kappa shape index (κ3) is 4.77. The van der Waals surface area contributed by atoms with Gasteiger partial charge in [0.2, 0.25) is 0 Å². The van der Waals surface area contributed by atoms with Crippen LogP contribution in [-0.2, 0) is 16.1 Å². The molecule has 0 spiro atoms. The highest BCUT2D eigenvalue weighted by atomic mass is 32.2. The number of Topliss-reactive ketones (excluding diaryl/α,β-unsaturated/α-hetero) is 1. The maximum atomic E-state index is 13.5.